The summed E-state index contributed by atoms with van der Waals surface area (Å²) in [6.45, 7) is 0.830. The number of fused-ring (bicyclic) bond motifs is 1. The normalized spacial score (nSPS) is 14.7. The van der Waals surface area contributed by atoms with Crippen molar-refractivity contribution in [2.45, 2.75) is 6.54 Å². The van der Waals surface area contributed by atoms with Crippen molar-refractivity contribution in [1.82, 2.24) is 10.4 Å². The highest BCUT2D eigenvalue weighted by atomic mass is 15.4. The van der Waals surface area contributed by atoms with Crippen molar-refractivity contribution in [3.63, 3.8) is 0 Å². The molecule has 0 atom stereocenters. The number of rotatable bonds is 0. The van der Waals surface area contributed by atoms with Crippen molar-refractivity contribution in [2.24, 2.45) is 0 Å². The second kappa shape index (κ2) is 1.70. The fourth-order valence-electron chi connectivity index (χ4n) is 0.916. The molecule has 1 aliphatic rings. The summed E-state index contributed by atoms with van der Waals surface area (Å²) in [5.41, 5.74) is 8.15. The van der Waals surface area contributed by atoms with Gasteiger partial charge in [0.25, 0.3) is 0 Å². The van der Waals surface area contributed by atoms with Crippen LogP contribution in [-0.2, 0) is 6.54 Å². The Morgan fingerprint density at radius 1 is 1.56 bits per heavy atom. The summed E-state index contributed by atoms with van der Waals surface area (Å²) in [5, 5.41) is 0. The molecule has 0 unspecified atom stereocenters. The first-order chi connectivity index (χ1) is 4.47. The van der Waals surface area contributed by atoms with Crippen LogP contribution in [0.25, 0.3) is 0 Å². The Morgan fingerprint density at radius 3 is 3.44 bits per heavy atom. The van der Waals surface area contributed by atoms with Crippen LogP contribution in [0.4, 0.5) is 5.69 Å². The summed E-state index contributed by atoms with van der Waals surface area (Å²) in [6, 6.07) is 3.92. The molecule has 1 aliphatic heterocycles. The van der Waals surface area contributed by atoms with Gasteiger partial charge < -0.3 is 5.43 Å². The van der Waals surface area contributed by atoms with Crippen molar-refractivity contribution in [3.8, 4) is 0 Å². The van der Waals surface area contributed by atoms with Crippen LogP contribution in [0.5, 0.6) is 0 Å². The van der Waals surface area contributed by atoms with Crippen LogP contribution in [0.15, 0.2) is 18.3 Å². The first kappa shape index (κ1) is 4.76. The largest absolute Gasteiger partial charge is 0.319 e. The standard InChI is InChI=1S/C6H7N3/c1-2-5-6(7-3-1)4-8-9-5/h1-3,8-9H,4H2. The summed E-state index contributed by atoms with van der Waals surface area (Å²) < 4.78 is 0. The molecule has 3 heteroatoms. The first-order valence-electron chi connectivity index (χ1n) is 2.89. The van der Waals surface area contributed by atoms with E-state index in [9.17, 15) is 0 Å². The van der Waals surface area contributed by atoms with Crippen molar-refractivity contribution in [2.75, 3.05) is 5.43 Å². The Labute approximate surface area is 53.1 Å². The Kier molecular flexibility index (Phi) is 0.899. The van der Waals surface area contributed by atoms with Crippen molar-refractivity contribution >= 4 is 5.69 Å². The van der Waals surface area contributed by atoms with Gasteiger partial charge in [-0.1, -0.05) is 0 Å². The van der Waals surface area contributed by atoms with Crippen molar-refractivity contribution in [1.29, 1.82) is 0 Å². The topological polar surface area (TPSA) is 37.0 Å². The average molecular weight is 121 g/mol. The third-order valence-electron chi connectivity index (χ3n) is 1.37. The van der Waals surface area contributed by atoms with Gasteiger partial charge in [0.15, 0.2) is 0 Å². The predicted octanol–water partition coefficient (Wildman–Crippen LogP) is 0.512. The number of nitrogens with one attached hydrogen (secondary N) is 2. The highest BCUT2D eigenvalue weighted by molar-refractivity contribution is 5.49. The summed E-state index contributed by atoms with van der Waals surface area (Å²) in [6.07, 6.45) is 1.80. The number of nitrogens with zero attached hydrogens (tertiary/aromatic N) is 1. The fourth-order valence-corrected chi connectivity index (χ4v) is 0.916. The Bertz CT molecular complexity index is 198. The van der Waals surface area contributed by atoms with Crippen LogP contribution >= 0.6 is 0 Å². The maximum Gasteiger partial charge on any atom is 0.0804 e. The minimum Gasteiger partial charge on any atom is -0.319 e. The van der Waals surface area contributed by atoms with Crippen LogP contribution in [0.1, 0.15) is 5.69 Å². The second-order valence-corrected chi connectivity index (χ2v) is 1.98. The van der Waals surface area contributed by atoms with Crippen LogP contribution in [0.3, 0.4) is 0 Å². The van der Waals surface area contributed by atoms with Crippen molar-refractivity contribution in [3.05, 3.63) is 24.0 Å². The van der Waals surface area contributed by atoms with Gasteiger partial charge >= 0.3 is 0 Å². The number of pyridine rings is 1. The minimum absolute atomic E-state index is 0.830. The molecule has 3 nitrogen and oxygen atoms in total. The summed E-state index contributed by atoms with van der Waals surface area (Å²) in [5.74, 6) is 0. The molecular weight excluding hydrogens is 114 g/mol. The van der Waals surface area contributed by atoms with E-state index < -0.39 is 0 Å². The second-order valence-electron chi connectivity index (χ2n) is 1.98. The number of hydrogen-bond donors (Lipinski definition) is 2. The lowest BCUT2D eigenvalue weighted by atomic mass is 10.3. The Morgan fingerprint density at radius 2 is 2.56 bits per heavy atom. The Balaban J connectivity index is 2.54. The average Bonchev–Trinajstić information content (AvgIpc) is 2.33. The lowest BCUT2D eigenvalue weighted by Crippen LogP contribution is -2.10. The molecule has 0 radical (unpaired) electrons. The number of anilines is 1. The van der Waals surface area contributed by atoms with Gasteiger partial charge in [-0.15, -0.1) is 0 Å². The van der Waals surface area contributed by atoms with Crippen LogP contribution in [-0.4, -0.2) is 4.98 Å². The maximum atomic E-state index is 4.13. The van der Waals surface area contributed by atoms with E-state index in [2.05, 4.69) is 15.8 Å². The zero-order valence-corrected chi connectivity index (χ0v) is 4.89. The summed E-state index contributed by atoms with van der Waals surface area (Å²) in [4.78, 5) is 4.13. The zero-order valence-electron chi connectivity index (χ0n) is 4.89. The summed E-state index contributed by atoms with van der Waals surface area (Å²) in [7, 11) is 0. The third kappa shape index (κ3) is 0.658. The molecule has 0 fully saturated rings. The number of hydrogen-bond acceptors (Lipinski definition) is 3. The van der Waals surface area contributed by atoms with E-state index in [1.807, 2.05) is 12.1 Å². The van der Waals surface area contributed by atoms with Gasteiger partial charge in [0.1, 0.15) is 0 Å². The van der Waals surface area contributed by atoms with Crippen molar-refractivity contribution < 1.29 is 0 Å². The minimum atomic E-state index is 0.830. The molecule has 2 heterocycles. The van der Waals surface area contributed by atoms with Crippen LogP contribution < -0.4 is 10.9 Å². The molecule has 1 aromatic rings. The van der Waals surface area contributed by atoms with Gasteiger partial charge in [0.2, 0.25) is 0 Å². The SMILES string of the molecule is c1cnc2c(c1)NNC2. The molecule has 0 bridgehead atoms. The van der Waals surface area contributed by atoms with Gasteiger partial charge in [-0.3, -0.25) is 4.98 Å². The molecule has 0 saturated carbocycles. The van der Waals surface area contributed by atoms with E-state index in [1.165, 1.54) is 0 Å². The van der Waals surface area contributed by atoms with Gasteiger partial charge in [0, 0.05) is 6.20 Å². The fraction of sp³-hybridized carbons (Fsp3) is 0.167. The number of hydrazine groups is 1. The molecule has 1 aromatic heterocycles. The molecule has 2 rings (SSSR count). The molecule has 0 aromatic carbocycles. The molecule has 46 valence electrons. The third-order valence-corrected chi connectivity index (χ3v) is 1.37. The van der Waals surface area contributed by atoms with Gasteiger partial charge in [-0.2, -0.15) is 0 Å². The highest BCUT2D eigenvalue weighted by Crippen LogP contribution is 2.14. The van der Waals surface area contributed by atoms with E-state index in [4.69, 9.17) is 0 Å². The van der Waals surface area contributed by atoms with Gasteiger partial charge in [-0.25, -0.2) is 5.43 Å². The van der Waals surface area contributed by atoms with E-state index in [0.717, 1.165) is 17.9 Å². The predicted molar refractivity (Wildman–Crippen MR) is 34.7 cm³/mol. The van der Waals surface area contributed by atoms with E-state index >= 15 is 0 Å². The van der Waals surface area contributed by atoms with Crippen LogP contribution in [0, 0.1) is 0 Å². The first-order valence-corrected chi connectivity index (χ1v) is 2.89. The molecule has 0 saturated heterocycles. The van der Waals surface area contributed by atoms with E-state index in [1.54, 1.807) is 6.20 Å². The van der Waals surface area contributed by atoms with Gasteiger partial charge in [0.05, 0.1) is 17.9 Å². The van der Waals surface area contributed by atoms with E-state index in [-0.39, 0.29) is 0 Å². The zero-order chi connectivity index (χ0) is 6.10. The monoisotopic (exact) mass is 121 g/mol. The highest BCUT2D eigenvalue weighted by Gasteiger charge is 2.07. The maximum absolute atomic E-state index is 4.13. The van der Waals surface area contributed by atoms with Gasteiger partial charge in [-0.05, 0) is 12.1 Å². The molecular formula is C6H7N3. The molecule has 0 aliphatic carbocycles. The molecule has 2 N–H and O–H groups in total. The smallest absolute Gasteiger partial charge is 0.0804 e. The van der Waals surface area contributed by atoms with E-state index in [0.29, 0.717) is 0 Å². The lowest BCUT2D eigenvalue weighted by Gasteiger charge is -1.92. The van der Waals surface area contributed by atoms with Crippen LogP contribution in [0.2, 0.25) is 0 Å². The molecule has 0 amide bonds. The molecule has 0 spiro atoms. The lowest BCUT2D eigenvalue weighted by molar-refractivity contribution is 0.841. The molecule has 9 heavy (non-hydrogen) atoms. The quantitative estimate of drug-likeness (QED) is 0.525. The number of aromatic nitrogens is 1. The summed E-state index contributed by atoms with van der Waals surface area (Å²) >= 11 is 0. The Hall–Kier alpha value is -1.09.